The van der Waals surface area contributed by atoms with Gasteiger partial charge in [0, 0.05) is 32.4 Å². The molecule has 81 heavy (non-hydrogen) atoms. The third kappa shape index (κ3) is 6.49. The lowest BCUT2D eigenvalue weighted by Crippen LogP contribution is -2.15. The highest BCUT2D eigenvalue weighted by molar-refractivity contribution is 6.23. The Hall–Kier alpha value is -9.82. The average molecular weight is 1030 g/mol. The summed E-state index contributed by atoms with van der Waals surface area (Å²) in [7, 11) is 0. The highest BCUT2D eigenvalue weighted by atomic mass is 15.0. The maximum Gasteiger partial charge on any atom is 0.0619 e. The zero-order valence-electron chi connectivity index (χ0n) is 45.8. The Labute approximate surface area is 471 Å². The van der Waals surface area contributed by atoms with E-state index in [-0.39, 0.29) is 10.8 Å². The summed E-state index contributed by atoms with van der Waals surface area (Å²) in [6, 6.07) is 98.6. The van der Waals surface area contributed by atoms with Crippen molar-refractivity contribution < 1.29 is 0 Å². The van der Waals surface area contributed by atoms with Crippen molar-refractivity contribution in [3.63, 3.8) is 0 Å². The number of rotatable bonds is 5. The smallest absolute Gasteiger partial charge is 0.0619 e. The number of hydrogen-bond donors (Lipinski definition) is 0. The van der Waals surface area contributed by atoms with E-state index >= 15 is 0 Å². The molecule has 15 aromatic rings. The van der Waals surface area contributed by atoms with E-state index in [0.29, 0.717) is 0 Å². The third-order valence-electron chi connectivity index (χ3n) is 18.9. The van der Waals surface area contributed by atoms with Gasteiger partial charge < -0.3 is 4.57 Å². The number of hydrogen-bond acceptors (Lipinski definition) is 0. The molecule has 1 heteroatoms. The van der Waals surface area contributed by atoms with Crippen LogP contribution in [-0.2, 0) is 10.8 Å². The predicted octanol–water partition coefficient (Wildman–Crippen LogP) is 21.8. The molecular formula is C80H55N. The van der Waals surface area contributed by atoms with Gasteiger partial charge in [0.05, 0.1) is 16.7 Å². The van der Waals surface area contributed by atoms with Crippen LogP contribution in [0.5, 0.6) is 0 Å². The van der Waals surface area contributed by atoms with Gasteiger partial charge in [-0.2, -0.15) is 0 Å². The lowest BCUT2D eigenvalue weighted by atomic mass is 9.79. The van der Waals surface area contributed by atoms with Crippen LogP contribution in [0.2, 0.25) is 0 Å². The van der Waals surface area contributed by atoms with Crippen LogP contribution in [0.1, 0.15) is 49.9 Å². The van der Waals surface area contributed by atoms with Crippen molar-refractivity contribution in [2.75, 3.05) is 0 Å². The molecule has 1 nitrogen and oxygen atoms in total. The molecule has 2 aliphatic carbocycles. The van der Waals surface area contributed by atoms with E-state index < -0.39 is 0 Å². The average Bonchev–Trinajstić information content (AvgIpc) is 4.26. The van der Waals surface area contributed by atoms with Gasteiger partial charge in [0.2, 0.25) is 0 Å². The van der Waals surface area contributed by atoms with Gasteiger partial charge >= 0.3 is 0 Å². The summed E-state index contributed by atoms with van der Waals surface area (Å²) in [6.45, 7) is 9.70. The summed E-state index contributed by atoms with van der Waals surface area (Å²) in [4.78, 5) is 0. The molecule has 0 N–H and O–H groups in total. The SMILES string of the molecule is CC1(C)c2cc(-c3ccc4c(c3)C(C)(C)c3cc(-c5c6ccccc6c(-n6c7ccccc7c7ccccc76)c6ccccc56)ccc3-4)ccc2-c2ccc(-c3c4ccccc4c(-c4ccc5ccccc5c4)c4ccccc34)cc21. The van der Waals surface area contributed by atoms with Gasteiger partial charge in [0.15, 0.2) is 0 Å². The Morgan fingerprint density at radius 3 is 0.926 bits per heavy atom. The highest BCUT2D eigenvalue weighted by Crippen LogP contribution is 2.55. The highest BCUT2D eigenvalue weighted by Gasteiger charge is 2.38. The molecule has 1 heterocycles. The standard InChI is InChI=1S/C80H55N/c1-79(2)69-44-50(35-39-55(69)57-41-37-53(46-71(57)79)76-63-25-9-7-23-61(63)75(62-24-8-10-26-64(62)76)52-34-33-48-19-5-6-20-49(48)43-52)51-36-40-56-58-42-38-54(47-72(58)80(3,4)70(56)45-51)77-65-27-11-13-29-67(65)78(68-30-14-12-28-66(68)77)81-73-31-17-15-21-59(73)60-22-16-18-32-74(60)81/h5-47H,1-4H3. The zero-order valence-corrected chi connectivity index (χ0v) is 45.8. The Bertz CT molecular complexity index is 5070. The van der Waals surface area contributed by atoms with Crippen LogP contribution < -0.4 is 0 Å². The summed E-state index contributed by atoms with van der Waals surface area (Å²) in [5, 5.41) is 15.2. The molecule has 0 atom stereocenters. The first kappa shape index (κ1) is 46.1. The maximum absolute atomic E-state index is 2.51. The molecule has 0 saturated carbocycles. The lowest BCUT2D eigenvalue weighted by Gasteiger charge is -2.24. The number of nitrogens with zero attached hydrogens (tertiary/aromatic N) is 1. The van der Waals surface area contributed by atoms with Gasteiger partial charge in [0.1, 0.15) is 0 Å². The number of para-hydroxylation sites is 2. The van der Waals surface area contributed by atoms with Crippen LogP contribution in [-0.4, -0.2) is 4.57 Å². The van der Waals surface area contributed by atoms with E-state index in [2.05, 4.69) is 293 Å². The van der Waals surface area contributed by atoms with Crippen LogP contribution in [0.4, 0.5) is 0 Å². The van der Waals surface area contributed by atoms with E-state index in [9.17, 15) is 0 Å². The summed E-state index contributed by atoms with van der Waals surface area (Å²) in [5.74, 6) is 0. The van der Waals surface area contributed by atoms with Gasteiger partial charge in [-0.1, -0.05) is 246 Å². The first-order valence-electron chi connectivity index (χ1n) is 28.7. The van der Waals surface area contributed by atoms with Crippen molar-refractivity contribution in [2.24, 2.45) is 0 Å². The van der Waals surface area contributed by atoms with Crippen LogP contribution >= 0.6 is 0 Å². The maximum atomic E-state index is 2.51. The molecule has 0 bridgehead atoms. The Balaban J connectivity index is 0.742. The summed E-state index contributed by atoms with van der Waals surface area (Å²) < 4.78 is 2.51. The fourth-order valence-electron chi connectivity index (χ4n) is 15.1. The van der Waals surface area contributed by atoms with Gasteiger partial charge in [-0.05, 0) is 175 Å². The van der Waals surface area contributed by atoms with Crippen LogP contribution in [0.15, 0.2) is 261 Å². The summed E-state index contributed by atoms with van der Waals surface area (Å²) in [6.07, 6.45) is 0. The molecule has 0 amide bonds. The van der Waals surface area contributed by atoms with Crippen molar-refractivity contribution in [3.8, 4) is 72.4 Å². The fourth-order valence-corrected chi connectivity index (χ4v) is 15.1. The lowest BCUT2D eigenvalue weighted by molar-refractivity contribution is 0.660. The van der Waals surface area contributed by atoms with Crippen molar-refractivity contribution in [2.45, 2.75) is 38.5 Å². The van der Waals surface area contributed by atoms with Crippen molar-refractivity contribution in [1.82, 2.24) is 4.57 Å². The van der Waals surface area contributed by atoms with E-state index in [1.165, 1.54) is 170 Å². The van der Waals surface area contributed by atoms with Gasteiger partial charge in [-0.25, -0.2) is 0 Å². The monoisotopic (exact) mass is 1030 g/mol. The zero-order chi connectivity index (χ0) is 53.9. The molecule has 0 fully saturated rings. The fraction of sp³-hybridized carbons (Fsp3) is 0.0750. The van der Waals surface area contributed by atoms with E-state index in [0.717, 1.165) is 0 Å². The molecule has 2 aliphatic rings. The second kappa shape index (κ2) is 16.9. The number of fused-ring (bicyclic) bond motifs is 14. The predicted molar refractivity (Wildman–Crippen MR) is 345 cm³/mol. The quantitative estimate of drug-likeness (QED) is 0.151. The minimum atomic E-state index is -0.226. The molecule has 17 rings (SSSR count). The van der Waals surface area contributed by atoms with Gasteiger partial charge in [-0.15, -0.1) is 0 Å². The van der Waals surface area contributed by atoms with Crippen molar-refractivity contribution in [1.29, 1.82) is 0 Å². The summed E-state index contributed by atoms with van der Waals surface area (Å²) >= 11 is 0. The van der Waals surface area contributed by atoms with Crippen molar-refractivity contribution >= 4 is 75.7 Å². The molecule has 0 unspecified atom stereocenters. The van der Waals surface area contributed by atoms with Gasteiger partial charge in [0.25, 0.3) is 0 Å². The molecule has 14 aromatic carbocycles. The first-order valence-corrected chi connectivity index (χ1v) is 28.7. The summed E-state index contributed by atoms with van der Waals surface area (Å²) in [5.41, 5.74) is 24.2. The second-order valence-corrected chi connectivity index (χ2v) is 23.9. The topological polar surface area (TPSA) is 4.93 Å². The normalized spacial score (nSPS) is 13.9. The molecule has 0 saturated heterocycles. The van der Waals surface area contributed by atoms with E-state index in [1.807, 2.05) is 0 Å². The molecule has 380 valence electrons. The number of aromatic nitrogens is 1. The molecule has 0 aliphatic heterocycles. The van der Waals surface area contributed by atoms with Crippen LogP contribution in [0.25, 0.3) is 148 Å². The van der Waals surface area contributed by atoms with Crippen LogP contribution in [0.3, 0.4) is 0 Å². The van der Waals surface area contributed by atoms with Gasteiger partial charge in [-0.3, -0.25) is 0 Å². The molecular weight excluding hydrogens is 975 g/mol. The van der Waals surface area contributed by atoms with Crippen molar-refractivity contribution in [3.05, 3.63) is 283 Å². The first-order chi connectivity index (χ1) is 39.7. The van der Waals surface area contributed by atoms with Crippen LogP contribution in [0, 0.1) is 0 Å². The second-order valence-electron chi connectivity index (χ2n) is 23.9. The molecule has 0 spiro atoms. The molecule has 1 aromatic heterocycles. The minimum absolute atomic E-state index is 0.216. The van der Waals surface area contributed by atoms with E-state index in [4.69, 9.17) is 0 Å². The minimum Gasteiger partial charge on any atom is -0.308 e. The largest absolute Gasteiger partial charge is 0.308 e. The Kier molecular flexibility index (Phi) is 9.60. The third-order valence-corrected chi connectivity index (χ3v) is 18.9. The Morgan fingerprint density at radius 1 is 0.235 bits per heavy atom. The number of benzene rings is 14. The van der Waals surface area contributed by atoms with E-state index in [1.54, 1.807) is 0 Å². The Morgan fingerprint density at radius 2 is 0.519 bits per heavy atom. The molecule has 0 radical (unpaired) electrons.